The number of piperidine rings is 1. The Morgan fingerprint density at radius 2 is 1.96 bits per heavy atom. The number of nitrogens with one attached hydrogen (secondary N) is 2. The van der Waals surface area contributed by atoms with E-state index in [1.807, 2.05) is 0 Å². The zero-order chi connectivity index (χ0) is 19.2. The van der Waals surface area contributed by atoms with E-state index in [-0.39, 0.29) is 16.9 Å². The minimum absolute atomic E-state index is 0.0398. The van der Waals surface area contributed by atoms with Crippen molar-refractivity contribution in [2.75, 3.05) is 25.0 Å². The lowest BCUT2D eigenvalue weighted by molar-refractivity contribution is -0.136. The maximum absolute atomic E-state index is 13.0. The summed E-state index contributed by atoms with van der Waals surface area (Å²) < 4.78 is 43.8. The number of hydrogen-bond donors (Lipinski definition) is 2. The van der Waals surface area contributed by atoms with Crippen LogP contribution in [-0.2, 0) is 10.9 Å². The molecule has 2 rings (SSSR count). The number of likely N-dealkylation sites (tertiary alicyclic amines) is 1. The van der Waals surface area contributed by atoms with Gasteiger partial charge >= 0.3 is 12.3 Å². The molecule has 2 N–H and O–H groups in total. The van der Waals surface area contributed by atoms with Crippen molar-refractivity contribution in [3.8, 4) is 0 Å². The van der Waals surface area contributed by atoms with Crippen molar-refractivity contribution in [3.05, 3.63) is 29.8 Å². The molecule has 10 heteroatoms. The predicted octanol–water partition coefficient (Wildman–Crippen LogP) is 3.60. The van der Waals surface area contributed by atoms with E-state index < -0.39 is 11.7 Å². The van der Waals surface area contributed by atoms with Crippen LogP contribution in [0, 0.1) is 0 Å². The maximum atomic E-state index is 13.0. The van der Waals surface area contributed by atoms with Crippen molar-refractivity contribution in [1.82, 2.24) is 10.3 Å². The molecule has 6 nitrogen and oxygen atoms in total. The topological polar surface area (TPSA) is 66.0 Å². The molecule has 142 valence electrons. The number of para-hydroxylation sites is 1. The van der Waals surface area contributed by atoms with Crippen LogP contribution in [-0.4, -0.2) is 41.5 Å². The van der Waals surface area contributed by atoms with Gasteiger partial charge in [-0.2, -0.15) is 18.3 Å². The van der Waals surface area contributed by atoms with Crippen LogP contribution < -0.4 is 10.7 Å². The molecule has 0 radical (unpaired) electrons. The highest BCUT2D eigenvalue weighted by atomic mass is 32.1. The number of hydrogen-bond acceptors (Lipinski definition) is 4. The first-order valence-electron chi connectivity index (χ1n) is 8.01. The largest absolute Gasteiger partial charge is 0.450 e. The van der Waals surface area contributed by atoms with Crippen molar-refractivity contribution in [2.24, 2.45) is 5.10 Å². The maximum Gasteiger partial charge on any atom is 0.418 e. The lowest BCUT2D eigenvalue weighted by Gasteiger charge is -2.26. The van der Waals surface area contributed by atoms with Crippen LogP contribution in [0.3, 0.4) is 0 Å². The Balaban J connectivity index is 1.88. The molecule has 1 aliphatic rings. The van der Waals surface area contributed by atoms with E-state index in [9.17, 15) is 18.0 Å². The molecule has 0 spiro atoms. The number of thiocarbonyl (C=S) groups is 1. The Morgan fingerprint density at radius 1 is 1.31 bits per heavy atom. The lowest BCUT2D eigenvalue weighted by Crippen LogP contribution is -2.39. The van der Waals surface area contributed by atoms with Crippen molar-refractivity contribution in [3.63, 3.8) is 0 Å². The zero-order valence-corrected chi connectivity index (χ0v) is 14.9. The monoisotopic (exact) mass is 388 g/mol. The van der Waals surface area contributed by atoms with E-state index in [0.29, 0.717) is 32.5 Å². The van der Waals surface area contributed by atoms with Gasteiger partial charge in [-0.05, 0) is 31.3 Å². The van der Waals surface area contributed by atoms with Crippen molar-refractivity contribution in [2.45, 2.75) is 25.9 Å². The highest BCUT2D eigenvalue weighted by molar-refractivity contribution is 7.80. The molecule has 0 unspecified atom stereocenters. The molecular formula is C16H19F3N4O2S. The molecule has 0 aromatic heterocycles. The van der Waals surface area contributed by atoms with Crippen molar-refractivity contribution in [1.29, 1.82) is 0 Å². The highest BCUT2D eigenvalue weighted by Crippen LogP contribution is 2.34. The Morgan fingerprint density at radius 3 is 2.58 bits per heavy atom. The van der Waals surface area contributed by atoms with Gasteiger partial charge in [0, 0.05) is 31.6 Å². The molecule has 0 atom stereocenters. The summed E-state index contributed by atoms with van der Waals surface area (Å²) in [5, 5.41) is 6.58. The third-order valence-corrected chi connectivity index (χ3v) is 3.86. The van der Waals surface area contributed by atoms with Crippen LogP contribution in [0.25, 0.3) is 0 Å². The molecule has 1 aromatic rings. The molecule has 0 saturated carbocycles. The molecule has 1 saturated heterocycles. The number of anilines is 1. The number of carbonyl (C=O) groups excluding carboxylic acids is 1. The molecular weight excluding hydrogens is 369 g/mol. The van der Waals surface area contributed by atoms with Gasteiger partial charge < -0.3 is 15.0 Å². The number of alkyl halides is 3. The molecule has 26 heavy (non-hydrogen) atoms. The van der Waals surface area contributed by atoms with Gasteiger partial charge in [-0.3, -0.25) is 5.43 Å². The fraction of sp³-hybridized carbons (Fsp3) is 0.438. The Hall–Kier alpha value is -2.36. The third kappa shape index (κ3) is 5.58. The van der Waals surface area contributed by atoms with E-state index in [1.165, 1.54) is 18.2 Å². The molecule has 0 aliphatic carbocycles. The SMILES string of the molecule is CCOC(=O)N1CCC(=NNC(=S)Nc2ccccc2C(F)(F)F)CC1. The third-order valence-electron chi connectivity index (χ3n) is 3.66. The van der Waals surface area contributed by atoms with Gasteiger partial charge in [-0.15, -0.1) is 0 Å². The standard InChI is InChI=1S/C16H19F3N4O2S/c1-2-25-15(24)23-9-7-11(8-10-23)21-22-14(26)20-13-6-4-3-5-12(13)16(17,18)19/h3-6H,2,7-10H2,1H3,(H2,20,22,26). The summed E-state index contributed by atoms with van der Waals surface area (Å²) in [6.45, 7) is 2.99. The summed E-state index contributed by atoms with van der Waals surface area (Å²) in [5.41, 5.74) is 2.38. The van der Waals surface area contributed by atoms with Gasteiger partial charge in [-0.1, -0.05) is 12.1 Å². The summed E-state index contributed by atoms with van der Waals surface area (Å²) in [7, 11) is 0. The molecule has 0 bridgehead atoms. The second-order valence-electron chi connectivity index (χ2n) is 5.47. The van der Waals surface area contributed by atoms with Crippen LogP contribution in [0.1, 0.15) is 25.3 Å². The Bertz CT molecular complexity index is 684. The number of amides is 1. The minimum Gasteiger partial charge on any atom is -0.450 e. The Labute approximate surface area is 154 Å². The van der Waals surface area contributed by atoms with Gasteiger partial charge in [0.2, 0.25) is 0 Å². The van der Waals surface area contributed by atoms with Crippen LogP contribution in [0.15, 0.2) is 29.4 Å². The lowest BCUT2D eigenvalue weighted by atomic mass is 10.1. The van der Waals surface area contributed by atoms with Gasteiger partial charge in [-0.25, -0.2) is 4.79 Å². The average Bonchev–Trinajstić information content (AvgIpc) is 2.60. The Kier molecular flexibility index (Phi) is 6.78. The number of carbonyl (C=O) groups is 1. The fourth-order valence-electron chi connectivity index (χ4n) is 2.39. The minimum atomic E-state index is -4.48. The van der Waals surface area contributed by atoms with E-state index in [4.69, 9.17) is 17.0 Å². The van der Waals surface area contributed by atoms with Crippen molar-refractivity contribution < 1.29 is 22.7 Å². The van der Waals surface area contributed by atoms with E-state index in [2.05, 4.69) is 15.8 Å². The summed E-state index contributed by atoms with van der Waals surface area (Å²) in [5.74, 6) is 0. The molecule has 1 heterocycles. The number of hydrazone groups is 1. The van der Waals surface area contributed by atoms with Gasteiger partial charge in [0.25, 0.3) is 0 Å². The normalized spacial score (nSPS) is 14.6. The molecule has 1 aromatic carbocycles. The fourth-order valence-corrected chi connectivity index (χ4v) is 2.55. The van der Waals surface area contributed by atoms with Crippen LogP contribution >= 0.6 is 12.2 Å². The van der Waals surface area contributed by atoms with Gasteiger partial charge in [0.05, 0.1) is 17.9 Å². The van der Waals surface area contributed by atoms with Crippen LogP contribution in [0.5, 0.6) is 0 Å². The van der Waals surface area contributed by atoms with Crippen molar-refractivity contribution >= 4 is 34.8 Å². The van der Waals surface area contributed by atoms with E-state index in [1.54, 1.807) is 11.8 Å². The number of halogens is 3. The van der Waals surface area contributed by atoms with E-state index in [0.717, 1.165) is 11.8 Å². The van der Waals surface area contributed by atoms with Gasteiger partial charge in [0.15, 0.2) is 5.11 Å². The molecule has 1 fully saturated rings. The second kappa shape index (κ2) is 8.84. The van der Waals surface area contributed by atoms with Crippen LogP contribution in [0.4, 0.5) is 23.7 Å². The van der Waals surface area contributed by atoms with E-state index >= 15 is 0 Å². The van der Waals surface area contributed by atoms with Crippen LogP contribution in [0.2, 0.25) is 0 Å². The predicted molar refractivity (Wildman–Crippen MR) is 96.1 cm³/mol. The summed E-state index contributed by atoms with van der Waals surface area (Å²) in [6, 6.07) is 5.06. The number of benzene rings is 1. The first kappa shape index (κ1) is 20.0. The van der Waals surface area contributed by atoms with Gasteiger partial charge in [0.1, 0.15) is 0 Å². The zero-order valence-electron chi connectivity index (χ0n) is 14.1. The second-order valence-corrected chi connectivity index (χ2v) is 5.88. The number of ether oxygens (including phenoxy) is 1. The summed E-state index contributed by atoms with van der Waals surface area (Å²) >= 11 is 5.01. The number of nitrogens with zero attached hydrogens (tertiary/aromatic N) is 2. The summed E-state index contributed by atoms with van der Waals surface area (Å²) in [6.07, 6.45) is -3.77. The molecule has 1 amide bonds. The first-order valence-corrected chi connectivity index (χ1v) is 8.42. The highest BCUT2D eigenvalue weighted by Gasteiger charge is 2.33. The first-order chi connectivity index (χ1) is 12.3. The number of rotatable bonds is 3. The smallest absolute Gasteiger partial charge is 0.418 e. The quantitative estimate of drug-likeness (QED) is 0.612. The summed E-state index contributed by atoms with van der Waals surface area (Å²) in [4.78, 5) is 13.2. The average molecular weight is 388 g/mol. The molecule has 1 aliphatic heterocycles.